The lowest BCUT2D eigenvalue weighted by atomic mass is 10.2. The smallest absolute Gasteiger partial charge is 0.278 e. The molecule has 0 aliphatic carbocycles. The molecule has 2 aromatic heterocycles. The van der Waals surface area contributed by atoms with Crippen LogP contribution in [0.15, 0.2) is 24.4 Å². The van der Waals surface area contributed by atoms with Crippen molar-refractivity contribution >= 4 is 45.0 Å². The summed E-state index contributed by atoms with van der Waals surface area (Å²) in [4.78, 5) is 21.7. The van der Waals surface area contributed by atoms with Gasteiger partial charge in [-0.2, -0.15) is 5.10 Å². The van der Waals surface area contributed by atoms with Crippen molar-refractivity contribution in [3.8, 4) is 5.75 Å². The van der Waals surface area contributed by atoms with Gasteiger partial charge in [-0.05, 0) is 44.8 Å². The van der Waals surface area contributed by atoms with Crippen LogP contribution in [-0.4, -0.2) is 59.9 Å². The molecule has 3 aromatic rings. The molecule has 2 heterocycles. The largest absolute Gasteiger partial charge is 0.497 e. The lowest BCUT2D eigenvalue weighted by Gasteiger charge is -2.22. The fraction of sp³-hybridized carbons (Fsp3) is 0.389. The van der Waals surface area contributed by atoms with Crippen molar-refractivity contribution in [3.63, 3.8) is 0 Å². The molecular formula is C18H24ClN5O2S. The maximum Gasteiger partial charge on any atom is 0.278 e. The topological polar surface area (TPSA) is 63.5 Å². The Labute approximate surface area is 169 Å². The number of rotatable bonds is 6. The highest BCUT2D eigenvalue weighted by Crippen LogP contribution is 2.32. The van der Waals surface area contributed by atoms with Gasteiger partial charge in [-0.15, -0.1) is 12.4 Å². The number of anilines is 1. The zero-order chi connectivity index (χ0) is 18.8. The van der Waals surface area contributed by atoms with Gasteiger partial charge in [-0.1, -0.05) is 11.3 Å². The summed E-state index contributed by atoms with van der Waals surface area (Å²) in [6.07, 6.45) is 1.71. The van der Waals surface area contributed by atoms with Crippen LogP contribution in [0.5, 0.6) is 5.75 Å². The third-order valence-corrected chi connectivity index (χ3v) is 5.20. The van der Waals surface area contributed by atoms with E-state index in [4.69, 9.17) is 4.74 Å². The molecule has 0 spiro atoms. The van der Waals surface area contributed by atoms with Gasteiger partial charge in [-0.3, -0.25) is 14.4 Å². The number of aryl methyl sites for hydroxylation is 2. The number of hydrogen-bond donors (Lipinski definition) is 0. The molecule has 0 bridgehead atoms. The first-order valence-corrected chi connectivity index (χ1v) is 9.12. The Hall–Kier alpha value is -2.16. The Bertz CT molecular complexity index is 918. The van der Waals surface area contributed by atoms with Crippen LogP contribution in [0.25, 0.3) is 10.2 Å². The van der Waals surface area contributed by atoms with Crippen LogP contribution in [-0.2, 0) is 7.05 Å². The number of benzene rings is 1. The number of halogens is 1. The first-order valence-electron chi connectivity index (χ1n) is 8.30. The quantitative estimate of drug-likeness (QED) is 0.626. The molecule has 0 saturated carbocycles. The van der Waals surface area contributed by atoms with Crippen LogP contribution >= 0.6 is 23.7 Å². The minimum Gasteiger partial charge on any atom is -0.497 e. The van der Waals surface area contributed by atoms with Gasteiger partial charge >= 0.3 is 0 Å². The first-order chi connectivity index (χ1) is 12.4. The van der Waals surface area contributed by atoms with Gasteiger partial charge in [0.15, 0.2) is 5.13 Å². The minimum absolute atomic E-state index is 0. The molecule has 0 aliphatic heterocycles. The van der Waals surface area contributed by atoms with Gasteiger partial charge in [0.2, 0.25) is 0 Å². The molecule has 0 N–H and O–H groups in total. The summed E-state index contributed by atoms with van der Waals surface area (Å²) in [5.74, 6) is 0.691. The van der Waals surface area contributed by atoms with E-state index in [1.54, 1.807) is 29.9 Å². The van der Waals surface area contributed by atoms with Crippen LogP contribution in [0.4, 0.5) is 5.13 Å². The Balaban J connectivity index is 0.00000261. The third-order valence-electron chi connectivity index (χ3n) is 4.16. The summed E-state index contributed by atoms with van der Waals surface area (Å²) in [6, 6.07) is 5.74. The summed E-state index contributed by atoms with van der Waals surface area (Å²) < 4.78 is 7.90. The fourth-order valence-corrected chi connectivity index (χ4v) is 3.72. The van der Waals surface area contributed by atoms with Gasteiger partial charge in [0.05, 0.1) is 23.5 Å². The number of aromatic nitrogens is 3. The molecule has 0 fully saturated rings. The molecule has 9 heteroatoms. The molecule has 7 nitrogen and oxygen atoms in total. The SMILES string of the molecule is COc1ccc2nc(N(CCN(C)C)C(=O)c3c(C)cnn3C)sc2c1.Cl. The predicted molar refractivity (Wildman–Crippen MR) is 112 cm³/mol. The maximum atomic E-state index is 13.2. The van der Waals surface area contributed by atoms with E-state index in [9.17, 15) is 4.79 Å². The maximum absolute atomic E-state index is 13.2. The number of ether oxygens (including phenoxy) is 1. The highest BCUT2D eigenvalue weighted by molar-refractivity contribution is 7.22. The number of thiazole rings is 1. The van der Waals surface area contributed by atoms with Crippen molar-refractivity contribution in [2.24, 2.45) is 7.05 Å². The second-order valence-corrected chi connectivity index (χ2v) is 7.40. The second kappa shape index (κ2) is 8.69. The number of carbonyl (C=O) groups excluding carboxylic acids is 1. The Morgan fingerprint density at radius 3 is 2.63 bits per heavy atom. The number of hydrogen-bond acceptors (Lipinski definition) is 6. The second-order valence-electron chi connectivity index (χ2n) is 6.39. The molecule has 0 saturated heterocycles. The molecule has 0 atom stereocenters. The highest BCUT2D eigenvalue weighted by atomic mass is 35.5. The molecule has 3 rings (SSSR count). The van der Waals surface area contributed by atoms with Gasteiger partial charge in [0, 0.05) is 20.1 Å². The molecule has 0 radical (unpaired) electrons. The van der Waals surface area contributed by atoms with Crippen molar-refractivity contribution in [1.29, 1.82) is 0 Å². The Morgan fingerprint density at radius 2 is 2.04 bits per heavy atom. The Morgan fingerprint density at radius 1 is 1.30 bits per heavy atom. The Kier molecular flexibility index (Phi) is 6.80. The molecule has 27 heavy (non-hydrogen) atoms. The molecule has 0 unspecified atom stereocenters. The van der Waals surface area contributed by atoms with E-state index in [0.29, 0.717) is 17.4 Å². The monoisotopic (exact) mass is 409 g/mol. The molecule has 1 aromatic carbocycles. The number of nitrogens with zero attached hydrogens (tertiary/aromatic N) is 5. The minimum atomic E-state index is -0.0876. The number of methoxy groups -OCH3 is 1. The first kappa shape index (κ1) is 21.1. The zero-order valence-corrected chi connectivity index (χ0v) is 17.7. The summed E-state index contributed by atoms with van der Waals surface area (Å²) in [5.41, 5.74) is 2.30. The summed E-state index contributed by atoms with van der Waals surface area (Å²) in [5, 5.41) is 4.88. The van der Waals surface area contributed by atoms with Crippen LogP contribution in [0.1, 0.15) is 16.1 Å². The van der Waals surface area contributed by atoms with Crippen LogP contribution < -0.4 is 9.64 Å². The number of amides is 1. The lowest BCUT2D eigenvalue weighted by molar-refractivity contribution is 0.0975. The van der Waals surface area contributed by atoms with E-state index in [1.807, 2.05) is 44.1 Å². The third kappa shape index (κ3) is 4.40. The normalized spacial score (nSPS) is 10.9. The van der Waals surface area contributed by atoms with Crippen molar-refractivity contribution in [1.82, 2.24) is 19.7 Å². The predicted octanol–water partition coefficient (Wildman–Crippen LogP) is 2.98. The molecule has 0 aliphatic rings. The lowest BCUT2D eigenvalue weighted by Crippen LogP contribution is -2.38. The molecule has 146 valence electrons. The number of carbonyl (C=O) groups is 1. The summed E-state index contributed by atoms with van der Waals surface area (Å²) in [7, 11) is 7.40. The van der Waals surface area contributed by atoms with Crippen molar-refractivity contribution < 1.29 is 9.53 Å². The standard InChI is InChI=1S/C18H23N5O2S.ClH/c1-12-11-19-22(4)16(12)17(24)23(9-8-21(2)3)18-20-14-7-6-13(25-5)10-15(14)26-18;/h6-7,10-11H,8-9H2,1-5H3;1H. The average molecular weight is 410 g/mol. The van der Waals surface area contributed by atoms with E-state index in [2.05, 4.69) is 10.1 Å². The van der Waals surface area contributed by atoms with E-state index >= 15 is 0 Å². The molecular weight excluding hydrogens is 386 g/mol. The van der Waals surface area contributed by atoms with Gasteiger partial charge in [0.1, 0.15) is 11.4 Å². The van der Waals surface area contributed by atoms with Gasteiger partial charge < -0.3 is 9.64 Å². The highest BCUT2D eigenvalue weighted by Gasteiger charge is 2.25. The van der Waals surface area contributed by atoms with Crippen LogP contribution in [0.3, 0.4) is 0 Å². The average Bonchev–Trinajstić information content (AvgIpc) is 3.16. The fourth-order valence-electron chi connectivity index (χ4n) is 2.70. The summed E-state index contributed by atoms with van der Waals surface area (Å²) >= 11 is 1.49. The zero-order valence-electron chi connectivity index (χ0n) is 16.1. The van der Waals surface area contributed by atoms with Crippen molar-refractivity contribution in [3.05, 3.63) is 35.7 Å². The van der Waals surface area contributed by atoms with E-state index < -0.39 is 0 Å². The van der Waals surface area contributed by atoms with E-state index in [0.717, 1.165) is 28.1 Å². The van der Waals surface area contributed by atoms with Crippen LogP contribution in [0, 0.1) is 6.92 Å². The van der Waals surface area contributed by atoms with Crippen molar-refractivity contribution in [2.45, 2.75) is 6.92 Å². The van der Waals surface area contributed by atoms with Crippen LogP contribution in [0.2, 0.25) is 0 Å². The van der Waals surface area contributed by atoms with Gasteiger partial charge in [0.25, 0.3) is 5.91 Å². The number of fused-ring (bicyclic) bond motifs is 1. The summed E-state index contributed by atoms with van der Waals surface area (Å²) in [6.45, 7) is 3.18. The van der Waals surface area contributed by atoms with Crippen molar-refractivity contribution in [2.75, 3.05) is 39.2 Å². The van der Waals surface area contributed by atoms with E-state index in [-0.39, 0.29) is 18.3 Å². The number of likely N-dealkylation sites (N-methyl/N-ethyl adjacent to an activating group) is 1. The van der Waals surface area contributed by atoms with E-state index in [1.165, 1.54) is 11.3 Å². The van der Waals surface area contributed by atoms with Gasteiger partial charge in [-0.25, -0.2) is 4.98 Å². The molecule has 1 amide bonds.